The van der Waals surface area contributed by atoms with Crippen molar-refractivity contribution < 1.29 is 27.1 Å². The summed E-state index contributed by atoms with van der Waals surface area (Å²) in [6.45, 7) is 3.51. The minimum atomic E-state index is -2.85. The number of hydrogen-bond donors (Lipinski definition) is 0. The van der Waals surface area contributed by atoms with Crippen LogP contribution in [0.1, 0.15) is 18.0 Å². The summed E-state index contributed by atoms with van der Waals surface area (Å²) >= 11 is 0. The second-order valence-corrected chi connectivity index (χ2v) is 7.92. The Hall–Kier alpha value is -3.67. The highest BCUT2D eigenvalue weighted by Crippen LogP contribution is 2.35. The quantitative estimate of drug-likeness (QED) is 0.455. The molecular weight excluding hydrogens is 453 g/mol. The van der Waals surface area contributed by atoms with E-state index in [0.29, 0.717) is 42.2 Å². The predicted molar refractivity (Wildman–Crippen MR) is 117 cm³/mol. The molecule has 0 bridgehead atoms. The molecule has 3 aromatic rings. The number of carbonyl (C=O) groups is 1. The molecule has 0 amide bonds. The zero-order chi connectivity index (χ0) is 24.2. The van der Waals surface area contributed by atoms with Crippen LogP contribution in [0, 0.1) is 5.82 Å². The molecule has 1 aliphatic heterocycles. The van der Waals surface area contributed by atoms with E-state index in [9.17, 15) is 13.6 Å². The average molecular weight is 476 g/mol. The number of carbonyl (C=O) groups excluding carboxylic acids is 1. The Morgan fingerprint density at radius 2 is 1.97 bits per heavy atom. The first-order chi connectivity index (χ1) is 16.4. The SMILES string of the molecule is CN1CCN(c2cc(OC=O)c(N(C)Cc3ccc(-c4nnc(C(F)F)o4)cn3)cc2F)CC1. The summed E-state index contributed by atoms with van der Waals surface area (Å²) in [7, 11) is 3.72. The van der Waals surface area contributed by atoms with Crippen LogP contribution in [0.15, 0.2) is 34.9 Å². The molecule has 0 aliphatic carbocycles. The van der Waals surface area contributed by atoms with E-state index in [-0.39, 0.29) is 18.2 Å². The fourth-order valence-electron chi connectivity index (χ4n) is 3.68. The Kier molecular flexibility index (Phi) is 6.96. The molecule has 0 N–H and O–H groups in total. The van der Waals surface area contributed by atoms with Gasteiger partial charge in [0, 0.05) is 51.6 Å². The standard InChI is InChI=1S/C22H23F3N6O3/c1-29-5-7-31(8-6-29)17-10-19(33-13-32)18(9-16(17)23)30(2)12-15-4-3-14(11-26-15)21-27-28-22(34-21)20(24)25/h3-4,9-11,13,20H,5-8,12H2,1-2H3. The molecule has 0 radical (unpaired) electrons. The summed E-state index contributed by atoms with van der Waals surface area (Å²) in [6.07, 6.45) is -1.43. The molecule has 9 nitrogen and oxygen atoms in total. The number of ether oxygens (including phenoxy) is 1. The Morgan fingerprint density at radius 3 is 2.59 bits per heavy atom. The van der Waals surface area contributed by atoms with Gasteiger partial charge in [0.2, 0.25) is 5.89 Å². The molecule has 0 unspecified atom stereocenters. The first-order valence-corrected chi connectivity index (χ1v) is 10.5. The molecule has 34 heavy (non-hydrogen) atoms. The van der Waals surface area contributed by atoms with Gasteiger partial charge in [0.15, 0.2) is 5.75 Å². The number of piperazine rings is 1. The van der Waals surface area contributed by atoms with E-state index in [1.807, 2.05) is 11.9 Å². The smallest absolute Gasteiger partial charge is 0.314 e. The van der Waals surface area contributed by atoms with Crippen molar-refractivity contribution in [1.82, 2.24) is 20.1 Å². The van der Waals surface area contributed by atoms with Crippen molar-refractivity contribution in [2.45, 2.75) is 13.0 Å². The zero-order valence-electron chi connectivity index (χ0n) is 18.6. The van der Waals surface area contributed by atoms with Crippen LogP contribution in [0.3, 0.4) is 0 Å². The number of anilines is 2. The molecule has 1 saturated heterocycles. The molecule has 12 heteroatoms. The maximum atomic E-state index is 15.0. The van der Waals surface area contributed by atoms with Crippen molar-refractivity contribution in [3.05, 3.63) is 47.9 Å². The summed E-state index contributed by atoms with van der Waals surface area (Å²) in [5.74, 6) is -1.01. The van der Waals surface area contributed by atoms with Gasteiger partial charge in [-0.2, -0.15) is 8.78 Å². The van der Waals surface area contributed by atoms with Crippen LogP contribution in [0.5, 0.6) is 5.75 Å². The number of aromatic nitrogens is 3. The van der Waals surface area contributed by atoms with Gasteiger partial charge in [0.1, 0.15) is 5.82 Å². The van der Waals surface area contributed by atoms with Crippen LogP contribution in [0.4, 0.5) is 24.5 Å². The number of halogens is 3. The maximum absolute atomic E-state index is 15.0. The van der Waals surface area contributed by atoms with Gasteiger partial charge in [-0.05, 0) is 19.2 Å². The second-order valence-electron chi connectivity index (χ2n) is 7.92. The van der Waals surface area contributed by atoms with Crippen molar-refractivity contribution in [3.8, 4) is 17.2 Å². The molecule has 1 aliphatic rings. The van der Waals surface area contributed by atoms with Gasteiger partial charge in [-0.15, -0.1) is 10.2 Å². The number of likely N-dealkylation sites (N-methyl/N-ethyl adjacent to an activating group) is 1. The van der Waals surface area contributed by atoms with Gasteiger partial charge in [-0.1, -0.05) is 0 Å². The third kappa shape index (κ3) is 5.11. The van der Waals surface area contributed by atoms with E-state index in [1.54, 1.807) is 24.1 Å². The van der Waals surface area contributed by atoms with Crippen molar-refractivity contribution >= 4 is 17.8 Å². The van der Waals surface area contributed by atoms with E-state index in [1.165, 1.54) is 18.3 Å². The largest absolute Gasteiger partial charge is 0.426 e. The minimum absolute atomic E-state index is 0.0639. The molecule has 0 atom stereocenters. The summed E-state index contributed by atoms with van der Waals surface area (Å²) in [5.41, 5.74) is 1.75. The zero-order valence-corrected chi connectivity index (χ0v) is 18.6. The molecule has 4 rings (SSSR count). The normalized spacial score (nSPS) is 14.5. The van der Waals surface area contributed by atoms with E-state index in [0.717, 1.165) is 13.1 Å². The second kappa shape index (κ2) is 10.1. The van der Waals surface area contributed by atoms with Gasteiger partial charge in [0.05, 0.1) is 29.2 Å². The molecule has 3 heterocycles. The van der Waals surface area contributed by atoms with Gasteiger partial charge >= 0.3 is 6.43 Å². The van der Waals surface area contributed by atoms with E-state index < -0.39 is 18.1 Å². The molecule has 2 aromatic heterocycles. The molecule has 1 fully saturated rings. The molecule has 0 saturated carbocycles. The first-order valence-electron chi connectivity index (χ1n) is 10.5. The summed E-state index contributed by atoms with van der Waals surface area (Å²) in [5, 5.41) is 6.89. The number of nitrogens with zero attached hydrogens (tertiary/aromatic N) is 6. The lowest BCUT2D eigenvalue weighted by molar-refractivity contribution is -0.120. The van der Waals surface area contributed by atoms with Crippen LogP contribution in [0.2, 0.25) is 0 Å². The fourth-order valence-corrected chi connectivity index (χ4v) is 3.68. The van der Waals surface area contributed by atoms with Gasteiger partial charge in [-0.3, -0.25) is 9.78 Å². The molecular formula is C22H23F3N6O3. The average Bonchev–Trinajstić information content (AvgIpc) is 3.32. The number of alkyl halides is 2. The monoisotopic (exact) mass is 476 g/mol. The lowest BCUT2D eigenvalue weighted by atomic mass is 10.2. The van der Waals surface area contributed by atoms with E-state index in [4.69, 9.17) is 9.15 Å². The summed E-state index contributed by atoms with van der Waals surface area (Å²) < 4.78 is 50.4. The van der Waals surface area contributed by atoms with Crippen molar-refractivity contribution in [2.24, 2.45) is 0 Å². The molecule has 1 aromatic carbocycles. The lowest BCUT2D eigenvalue weighted by Crippen LogP contribution is -2.44. The first kappa shape index (κ1) is 23.5. The van der Waals surface area contributed by atoms with E-state index >= 15 is 4.39 Å². The highest BCUT2D eigenvalue weighted by atomic mass is 19.3. The Labute approximate surface area is 193 Å². The molecule has 180 valence electrons. The number of hydrogen-bond acceptors (Lipinski definition) is 9. The molecule has 0 spiro atoms. The Balaban J connectivity index is 1.52. The van der Waals surface area contributed by atoms with Gasteiger partial charge < -0.3 is 23.9 Å². The van der Waals surface area contributed by atoms with Crippen LogP contribution in [-0.2, 0) is 11.3 Å². The van der Waals surface area contributed by atoms with Gasteiger partial charge in [-0.25, -0.2) is 4.39 Å². The fraction of sp³-hybridized carbons (Fsp3) is 0.364. The highest BCUT2D eigenvalue weighted by molar-refractivity contribution is 5.69. The Bertz CT molecular complexity index is 1130. The minimum Gasteiger partial charge on any atom is -0.426 e. The van der Waals surface area contributed by atoms with Crippen LogP contribution in [0.25, 0.3) is 11.5 Å². The van der Waals surface area contributed by atoms with E-state index in [2.05, 4.69) is 20.1 Å². The number of pyridine rings is 1. The highest BCUT2D eigenvalue weighted by Gasteiger charge is 2.22. The lowest BCUT2D eigenvalue weighted by Gasteiger charge is -2.34. The number of rotatable bonds is 8. The summed E-state index contributed by atoms with van der Waals surface area (Å²) in [6, 6.07) is 6.14. The predicted octanol–water partition coefficient (Wildman–Crippen LogP) is 3.13. The van der Waals surface area contributed by atoms with Crippen molar-refractivity contribution in [1.29, 1.82) is 0 Å². The van der Waals surface area contributed by atoms with Crippen LogP contribution >= 0.6 is 0 Å². The number of benzene rings is 1. The third-order valence-corrected chi connectivity index (χ3v) is 5.56. The summed E-state index contributed by atoms with van der Waals surface area (Å²) in [4.78, 5) is 21.2. The van der Waals surface area contributed by atoms with Gasteiger partial charge in [0.25, 0.3) is 12.4 Å². The van der Waals surface area contributed by atoms with Crippen LogP contribution < -0.4 is 14.5 Å². The van der Waals surface area contributed by atoms with Crippen LogP contribution in [-0.4, -0.2) is 66.8 Å². The topological polar surface area (TPSA) is 87.8 Å². The maximum Gasteiger partial charge on any atom is 0.314 e. The van der Waals surface area contributed by atoms with Crippen molar-refractivity contribution in [3.63, 3.8) is 0 Å². The van der Waals surface area contributed by atoms with Crippen molar-refractivity contribution in [2.75, 3.05) is 50.1 Å². The Morgan fingerprint density at radius 1 is 1.21 bits per heavy atom. The third-order valence-electron chi connectivity index (χ3n) is 5.56.